The molecule has 2 heterocycles. The molecule has 0 spiro atoms. The second-order valence-electron chi connectivity index (χ2n) is 6.91. The van der Waals surface area contributed by atoms with Crippen LogP contribution in [0, 0.1) is 0 Å². The highest BCUT2D eigenvalue weighted by Crippen LogP contribution is 2.21. The second-order valence-corrected chi connectivity index (χ2v) is 7.86. The van der Waals surface area contributed by atoms with E-state index in [0.29, 0.717) is 26.2 Å². The third-order valence-corrected chi connectivity index (χ3v) is 6.12. The molecule has 2 aliphatic rings. The number of carbonyl (C=O) groups excluding carboxylic acids is 2. The zero-order chi connectivity index (χ0) is 17.9. The summed E-state index contributed by atoms with van der Waals surface area (Å²) in [5.41, 5.74) is 2.74. The van der Waals surface area contributed by atoms with E-state index in [1.54, 1.807) is 0 Å². The van der Waals surface area contributed by atoms with Crippen LogP contribution in [0.1, 0.15) is 27.2 Å². The van der Waals surface area contributed by atoms with Crippen molar-refractivity contribution in [2.45, 2.75) is 25.3 Å². The summed E-state index contributed by atoms with van der Waals surface area (Å²) < 4.78 is 0. The molecular weight excluding hydrogens is 346 g/mol. The zero-order valence-electron chi connectivity index (χ0n) is 14.7. The number of amides is 3. The van der Waals surface area contributed by atoms with Gasteiger partial charge in [0.05, 0.1) is 4.88 Å². The predicted molar refractivity (Wildman–Crippen MR) is 103 cm³/mol. The molecule has 1 aliphatic heterocycles. The monoisotopic (exact) mass is 369 g/mol. The summed E-state index contributed by atoms with van der Waals surface area (Å²) >= 11 is 1.47. The van der Waals surface area contributed by atoms with E-state index >= 15 is 0 Å². The summed E-state index contributed by atoms with van der Waals surface area (Å²) in [7, 11) is 0. The molecule has 1 unspecified atom stereocenters. The molecule has 3 amide bonds. The Bertz CT molecular complexity index is 782. The summed E-state index contributed by atoms with van der Waals surface area (Å²) in [4.78, 5) is 29.4. The Kier molecular flexibility index (Phi) is 4.93. The first-order valence-corrected chi connectivity index (χ1v) is 10.0. The Morgan fingerprint density at radius 2 is 1.69 bits per heavy atom. The number of thiophene rings is 1. The number of nitrogens with zero attached hydrogens (tertiary/aromatic N) is 2. The van der Waals surface area contributed by atoms with Crippen LogP contribution in [0.4, 0.5) is 4.79 Å². The first-order chi connectivity index (χ1) is 12.7. The minimum Gasteiger partial charge on any atom is -0.335 e. The molecule has 26 heavy (non-hydrogen) atoms. The van der Waals surface area contributed by atoms with Gasteiger partial charge in [0.1, 0.15) is 0 Å². The van der Waals surface area contributed by atoms with E-state index in [-0.39, 0.29) is 18.0 Å². The Morgan fingerprint density at radius 3 is 2.42 bits per heavy atom. The van der Waals surface area contributed by atoms with Crippen LogP contribution in [-0.4, -0.2) is 54.0 Å². The average molecular weight is 369 g/mol. The lowest BCUT2D eigenvalue weighted by Gasteiger charge is -2.36. The molecule has 0 radical (unpaired) electrons. The molecular formula is C20H23N3O2S. The van der Waals surface area contributed by atoms with Crippen molar-refractivity contribution in [3.63, 3.8) is 0 Å². The van der Waals surface area contributed by atoms with Crippen molar-refractivity contribution in [2.75, 3.05) is 26.2 Å². The Hall–Kier alpha value is -2.34. The van der Waals surface area contributed by atoms with Crippen molar-refractivity contribution < 1.29 is 9.59 Å². The van der Waals surface area contributed by atoms with Crippen LogP contribution in [0.2, 0.25) is 0 Å². The number of nitrogens with one attached hydrogen (secondary N) is 1. The standard InChI is InChI=1S/C20H23N3O2S/c24-19(18-6-3-13-26-18)22-9-11-23(12-10-22)20(25)21-17-8-7-15-4-1-2-5-16(15)14-17/h1-6,13,17H,7-12,14H2,(H,21,25). The van der Waals surface area contributed by atoms with Gasteiger partial charge in [-0.25, -0.2) is 4.79 Å². The third-order valence-electron chi connectivity index (χ3n) is 5.26. The van der Waals surface area contributed by atoms with Crippen molar-refractivity contribution in [3.8, 4) is 0 Å². The fourth-order valence-electron chi connectivity index (χ4n) is 3.76. The number of fused-ring (bicyclic) bond motifs is 1. The Morgan fingerprint density at radius 1 is 0.962 bits per heavy atom. The van der Waals surface area contributed by atoms with E-state index in [4.69, 9.17) is 0 Å². The van der Waals surface area contributed by atoms with E-state index in [2.05, 4.69) is 29.6 Å². The average Bonchev–Trinajstić information content (AvgIpc) is 3.22. The van der Waals surface area contributed by atoms with Crippen molar-refractivity contribution in [1.29, 1.82) is 0 Å². The van der Waals surface area contributed by atoms with Gasteiger partial charge in [0.2, 0.25) is 0 Å². The largest absolute Gasteiger partial charge is 0.335 e. The third kappa shape index (κ3) is 3.60. The SMILES string of the molecule is O=C(NC1CCc2ccccc2C1)N1CCN(C(=O)c2cccs2)CC1. The van der Waals surface area contributed by atoms with Crippen LogP contribution in [0.3, 0.4) is 0 Å². The molecule has 136 valence electrons. The van der Waals surface area contributed by atoms with Crippen LogP contribution in [0.5, 0.6) is 0 Å². The van der Waals surface area contributed by atoms with E-state index in [1.807, 2.05) is 27.3 Å². The first-order valence-electron chi connectivity index (χ1n) is 9.16. The molecule has 1 fully saturated rings. The lowest BCUT2D eigenvalue weighted by atomic mass is 9.88. The van der Waals surface area contributed by atoms with E-state index < -0.39 is 0 Å². The summed E-state index contributed by atoms with van der Waals surface area (Å²) in [6.07, 6.45) is 2.91. The molecule has 0 bridgehead atoms. The van der Waals surface area contributed by atoms with Crippen molar-refractivity contribution in [1.82, 2.24) is 15.1 Å². The predicted octanol–water partition coefficient (Wildman–Crippen LogP) is 2.77. The van der Waals surface area contributed by atoms with Gasteiger partial charge in [0.15, 0.2) is 0 Å². The lowest BCUT2D eigenvalue weighted by Crippen LogP contribution is -2.55. The van der Waals surface area contributed by atoms with Gasteiger partial charge in [-0.15, -0.1) is 11.3 Å². The lowest BCUT2D eigenvalue weighted by molar-refractivity contribution is 0.0668. The molecule has 1 aromatic carbocycles. The highest BCUT2D eigenvalue weighted by Gasteiger charge is 2.27. The number of hydrogen-bond donors (Lipinski definition) is 1. The minimum atomic E-state index is -0.00222. The van der Waals surface area contributed by atoms with Gasteiger partial charge in [-0.05, 0) is 41.8 Å². The summed E-state index contributed by atoms with van der Waals surface area (Å²) in [6, 6.07) is 12.4. The van der Waals surface area contributed by atoms with Crippen molar-refractivity contribution in [3.05, 3.63) is 57.8 Å². The number of hydrogen-bond acceptors (Lipinski definition) is 3. The summed E-state index contributed by atoms with van der Waals surface area (Å²) in [5.74, 6) is 0.0731. The molecule has 2 aromatic rings. The van der Waals surface area contributed by atoms with Crippen LogP contribution in [0.15, 0.2) is 41.8 Å². The number of aryl methyl sites for hydroxylation is 1. The highest BCUT2D eigenvalue weighted by atomic mass is 32.1. The molecule has 0 saturated carbocycles. The maximum Gasteiger partial charge on any atom is 0.317 e. The summed E-state index contributed by atoms with van der Waals surface area (Å²) in [5, 5.41) is 5.10. The number of rotatable bonds is 2. The van der Waals surface area contributed by atoms with Gasteiger partial charge in [-0.2, -0.15) is 0 Å². The fourth-order valence-corrected chi connectivity index (χ4v) is 4.45. The van der Waals surface area contributed by atoms with Gasteiger partial charge in [-0.3, -0.25) is 4.79 Å². The topological polar surface area (TPSA) is 52.7 Å². The molecule has 1 N–H and O–H groups in total. The van der Waals surface area contributed by atoms with Gasteiger partial charge in [0.25, 0.3) is 5.91 Å². The fraction of sp³-hybridized carbons (Fsp3) is 0.400. The molecule has 1 saturated heterocycles. The van der Waals surface area contributed by atoms with Crippen molar-refractivity contribution >= 4 is 23.3 Å². The van der Waals surface area contributed by atoms with Crippen LogP contribution in [-0.2, 0) is 12.8 Å². The Balaban J connectivity index is 1.28. The quantitative estimate of drug-likeness (QED) is 0.885. The molecule has 6 heteroatoms. The smallest absolute Gasteiger partial charge is 0.317 e. The van der Waals surface area contributed by atoms with Gasteiger partial charge < -0.3 is 15.1 Å². The molecule has 1 aromatic heterocycles. The number of carbonyl (C=O) groups is 2. The highest BCUT2D eigenvalue weighted by molar-refractivity contribution is 7.12. The van der Waals surface area contributed by atoms with Crippen LogP contribution in [0.25, 0.3) is 0 Å². The number of piperazine rings is 1. The number of benzene rings is 1. The van der Waals surface area contributed by atoms with Crippen molar-refractivity contribution in [2.24, 2.45) is 0 Å². The van der Waals surface area contributed by atoms with Crippen LogP contribution < -0.4 is 5.32 Å². The maximum atomic E-state index is 12.6. The van der Waals surface area contributed by atoms with E-state index in [0.717, 1.165) is 24.1 Å². The molecule has 1 atom stereocenters. The van der Waals surface area contributed by atoms with E-state index in [9.17, 15) is 9.59 Å². The summed E-state index contributed by atoms with van der Waals surface area (Å²) in [6.45, 7) is 2.37. The molecule has 4 rings (SSSR count). The maximum absolute atomic E-state index is 12.6. The van der Waals surface area contributed by atoms with Gasteiger partial charge >= 0.3 is 6.03 Å². The van der Waals surface area contributed by atoms with Gasteiger partial charge in [-0.1, -0.05) is 30.3 Å². The zero-order valence-corrected chi connectivity index (χ0v) is 15.5. The number of urea groups is 1. The van der Waals surface area contributed by atoms with Gasteiger partial charge in [0, 0.05) is 32.2 Å². The van der Waals surface area contributed by atoms with Crippen LogP contribution >= 0.6 is 11.3 Å². The van der Waals surface area contributed by atoms with E-state index in [1.165, 1.54) is 22.5 Å². The normalized spacial score (nSPS) is 19.8. The Labute approximate surface area is 157 Å². The first kappa shape index (κ1) is 17.1. The molecule has 1 aliphatic carbocycles. The second kappa shape index (κ2) is 7.50. The molecule has 5 nitrogen and oxygen atoms in total. The minimum absolute atomic E-state index is 0.00222.